The summed E-state index contributed by atoms with van der Waals surface area (Å²) in [5.74, 6) is -0.957. The number of nitrogens with zero attached hydrogens (tertiary/aromatic N) is 1. The molecule has 0 saturated heterocycles. The molecule has 3 rings (SSSR count). The third-order valence-corrected chi connectivity index (χ3v) is 3.23. The number of carboxylic acid groups (broad SMARTS) is 1. The minimum Gasteiger partial charge on any atom is -0.477 e. The van der Waals surface area contributed by atoms with Crippen LogP contribution in [-0.4, -0.2) is 21.0 Å². The number of aromatic amines is 1. The van der Waals surface area contributed by atoms with Crippen LogP contribution < -0.4 is 5.56 Å². The zero-order valence-electron chi connectivity index (χ0n) is 11.5. The molecule has 3 aromatic rings. The van der Waals surface area contributed by atoms with Gasteiger partial charge in [0, 0.05) is 11.1 Å². The molecule has 0 atom stereocenters. The van der Waals surface area contributed by atoms with Crippen LogP contribution >= 0.6 is 0 Å². The minimum absolute atomic E-state index is 0.163. The van der Waals surface area contributed by atoms with Crippen molar-refractivity contribution >= 4 is 5.97 Å². The molecule has 0 amide bonds. The van der Waals surface area contributed by atoms with Gasteiger partial charge in [-0.3, -0.25) is 4.79 Å². The number of hydrogen-bond acceptors (Lipinski definition) is 3. The summed E-state index contributed by atoms with van der Waals surface area (Å²) < 4.78 is 0. The SMILES string of the molecule is O=C(O)c1c(-c2ccccc2)nc(-c2ccccc2)[nH]c1=O. The quantitative estimate of drug-likeness (QED) is 0.777. The lowest BCUT2D eigenvalue weighted by Crippen LogP contribution is -2.21. The standard InChI is InChI=1S/C17H12N2O3/c20-16-13(17(21)22)14(11-7-3-1-4-8-11)18-15(19-16)12-9-5-2-6-10-12/h1-10H,(H,21,22)(H,18,19,20). The number of benzene rings is 2. The van der Waals surface area contributed by atoms with Crippen molar-refractivity contribution in [3.8, 4) is 22.6 Å². The van der Waals surface area contributed by atoms with E-state index in [2.05, 4.69) is 9.97 Å². The lowest BCUT2D eigenvalue weighted by molar-refractivity contribution is 0.0695. The zero-order chi connectivity index (χ0) is 15.5. The largest absolute Gasteiger partial charge is 0.477 e. The Balaban J connectivity index is 2.29. The van der Waals surface area contributed by atoms with Crippen LogP contribution in [0, 0.1) is 0 Å². The predicted octanol–water partition coefficient (Wildman–Crippen LogP) is 2.80. The molecule has 5 nitrogen and oxygen atoms in total. The summed E-state index contributed by atoms with van der Waals surface area (Å²) >= 11 is 0. The molecule has 108 valence electrons. The van der Waals surface area contributed by atoms with Gasteiger partial charge in [-0.1, -0.05) is 60.7 Å². The maximum Gasteiger partial charge on any atom is 0.343 e. The van der Waals surface area contributed by atoms with E-state index in [4.69, 9.17) is 0 Å². The van der Waals surface area contributed by atoms with Crippen LogP contribution in [0.4, 0.5) is 0 Å². The number of aromatic carboxylic acids is 1. The van der Waals surface area contributed by atoms with Crippen molar-refractivity contribution in [2.45, 2.75) is 0 Å². The number of nitrogens with one attached hydrogen (secondary N) is 1. The number of H-pyrrole nitrogens is 1. The van der Waals surface area contributed by atoms with E-state index in [1.54, 1.807) is 36.4 Å². The lowest BCUT2D eigenvalue weighted by atomic mass is 10.1. The summed E-state index contributed by atoms with van der Waals surface area (Å²) in [5, 5.41) is 9.31. The molecule has 0 saturated carbocycles. The van der Waals surface area contributed by atoms with Gasteiger partial charge in [-0.2, -0.15) is 0 Å². The van der Waals surface area contributed by atoms with Crippen LogP contribution in [0.3, 0.4) is 0 Å². The second kappa shape index (κ2) is 5.65. The minimum atomic E-state index is -1.30. The van der Waals surface area contributed by atoms with Gasteiger partial charge in [0.15, 0.2) is 5.56 Å². The molecule has 1 aromatic heterocycles. The van der Waals surface area contributed by atoms with Gasteiger partial charge in [0.1, 0.15) is 5.82 Å². The van der Waals surface area contributed by atoms with Gasteiger partial charge >= 0.3 is 5.97 Å². The van der Waals surface area contributed by atoms with Gasteiger partial charge in [0.25, 0.3) is 5.56 Å². The van der Waals surface area contributed by atoms with Gasteiger partial charge < -0.3 is 10.1 Å². The summed E-state index contributed by atoms with van der Waals surface area (Å²) in [7, 11) is 0. The number of carboxylic acids is 1. The molecule has 0 unspecified atom stereocenters. The Morgan fingerprint density at radius 1 is 0.909 bits per heavy atom. The Morgan fingerprint density at radius 2 is 1.45 bits per heavy atom. The molecule has 0 spiro atoms. The average molecular weight is 292 g/mol. The van der Waals surface area contributed by atoms with Crippen LogP contribution in [0.25, 0.3) is 22.6 Å². The van der Waals surface area contributed by atoms with E-state index in [1.165, 1.54) is 0 Å². The monoisotopic (exact) mass is 292 g/mol. The molecule has 1 heterocycles. The van der Waals surface area contributed by atoms with Gasteiger partial charge in [-0.05, 0) is 0 Å². The number of aromatic nitrogens is 2. The molecular formula is C17H12N2O3. The summed E-state index contributed by atoms with van der Waals surface area (Å²) in [6.45, 7) is 0. The number of hydrogen-bond donors (Lipinski definition) is 2. The second-order valence-corrected chi connectivity index (χ2v) is 4.68. The Hall–Kier alpha value is -3.21. The maximum absolute atomic E-state index is 12.2. The first kappa shape index (κ1) is 13.8. The highest BCUT2D eigenvalue weighted by Crippen LogP contribution is 2.22. The molecule has 0 aliphatic heterocycles. The van der Waals surface area contributed by atoms with Gasteiger partial charge in [0.05, 0.1) is 5.69 Å². The van der Waals surface area contributed by atoms with E-state index in [1.807, 2.05) is 24.3 Å². The fourth-order valence-electron chi connectivity index (χ4n) is 2.21. The first-order valence-electron chi connectivity index (χ1n) is 6.65. The fraction of sp³-hybridized carbons (Fsp3) is 0. The molecule has 2 aromatic carbocycles. The van der Waals surface area contributed by atoms with Gasteiger partial charge in [0.2, 0.25) is 0 Å². The van der Waals surface area contributed by atoms with E-state index in [0.29, 0.717) is 17.0 Å². The highest BCUT2D eigenvalue weighted by Gasteiger charge is 2.19. The van der Waals surface area contributed by atoms with Crippen molar-refractivity contribution in [3.05, 3.63) is 76.6 Å². The Bertz CT molecular complexity index is 871. The van der Waals surface area contributed by atoms with Crippen LogP contribution in [0.2, 0.25) is 0 Å². The average Bonchev–Trinajstić information content (AvgIpc) is 2.55. The van der Waals surface area contributed by atoms with Crippen LogP contribution in [0.1, 0.15) is 10.4 Å². The van der Waals surface area contributed by atoms with Crippen molar-refractivity contribution in [1.29, 1.82) is 0 Å². The molecule has 0 bridgehead atoms. The van der Waals surface area contributed by atoms with Crippen LogP contribution in [-0.2, 0) is 0 Å². The first-order chi connectivity index (χ1) is 10.7. The molecule has 22 heavy (non-hydrogen) atoms. The molecule has 2 N–H and O–H groups in total. The van der Waals surface area contributed by atoms with Crippen molar-refractivity contribution in [2.75, 3.05) is 0 Å². The van der Waals surface area contributed by atoms with Crippen molar-refractivity contribution in [3.63, 3.8) is 0 Å². The third-order valence-electron chi connectivity index (χ3n) is 3.23. The van der Waals surface area contributed by atoms with Crippen LogP contribution in [0.5, 0.6) is 0 Å². The third kappa shape index (κ3) is 2.52. The maximum atomic E-state index is 12.2. The Morgan fingerprint density at radius 3 is 2.00 bits per heavy atom. The van der Waals surface area contributed by atoms with Gasteiger partial charge in [-0.15, -0.1) is 0 Å². The number of rotatable bonds is 3. The molecule has 5 heteroatoms. The summed E-state index contributed by atoms with van der Waals surface area (Å²) in [5.41, 5.74) is 0.443. The van der Waals surface area contributed by atoms with Crippen molar-refractivity contribution in [1.82, 2.24) is 9.97 Å². The van der Waals surface area contributed by atoms with E-state index < -0.39 is 11.5 Å². The van der Waals surface area contributed by atoms with Crippen molar-refractivity contribution < 1.29 is 9.90 Å². The van der Waals surface area contributed by atoms with Crippen LogP contribution in [0.15, 0.2) is 65.5 Å². The van der Waals surface area contributed by atoms with Crippen molar-refractivity contribution in [2.24, 2.45) is 0 Å². The molecule has 0 aliphatic carbocycles. The highest BCUT2D eigenvalue weighted by atomic mass is 16.4. The highest BCUT2D eigenvalue weighted by molar-refractivity contribution is 5.94. The topological polar surface area (TPSA) is 83.0 Å². The predicted molar refractivity (Wildman–Crippen MR) is 82.7 cm³/mol. The van der Waals surface area contributed by atoms with E-state index >= 15 is 0 Å². The van der Waals surface area contributed by atoms with E-state index in [0.717, 1.165) is 0 Å². The normalized spacial score (nSPS) is 10.4. The Kier molecular flexibility index (Phi) is 3.53. The van der Waals surface area contributed by atoms with E-state index in [9.17, 15) is 14.7 Å². The smallest absolute Gasteiger partial charge is 0.343 e. The molecule has 0 fully saturated rings. The van der Waals surface area contributed by atoms with E-state index in [-0.39, 0.29) is 11.3 Å². The number of carbonyl (C=O) groups is 1. The first-order valence-corrected chi connectivity index (χ1v) is 6.65. The second-order valence-electron chi connectivity index (χ2n) is 4.68. The van der Waals surface area contributed by atoms with Gasteiger partial charge in [-0.25, -0.2) is 9.78 Å². The molecule has 0 radical (unpaired) electrons. The molecule has 0 aliphatic rings. The zero-order valence-corrected chi connectivity index (χ0v) is 11.5. The summed E-state index contributed by atoms with van der Waals surface area (Å²) in [4.78, 5) is 30.5. The Labute approximate surface area is 125 Å². The summed E-state index contributed by atoms with van der Waals surface area (Å²) in [6.07, 6.45) is 0. The lowest BCUT2D eigenvalue weighted by Gasteiger charge is -2.08. The fourth-order valence-corrected chi connectivity index (χ4v) is 2.21. The molecular weight excluding hydrogens is 280 g/mol. The summed E-state index contributed by atoms with van der Waals surface area (Å²) in [6, 6.07) is 17.9.